The van der Waals surface area contributed by atoms with E-state index in [1.807, 2.05) is 31.2 Å². The van der Waals surface area contributed by atoms with Crippen molar-refractivity contribution in [2.45, 2.75) is 57.4 Å². The quantitative estimate of drug-likeness (QED) is 0.630. The summed E-state index contributed by atoms with van der Waals surface area (Å²) in [5, 5.41) is 3.49. The van der Waals surface area contributed by atoms with Crippen LogP contribution >= 0.6 is 0 Å². The van der Waals surface area contributed by atoms with Gasteiger partial charge < -0.3 is 14.8 Å². The zero-order valence-corrected chi connectivity index (χ0v) is 19.6. The first-order chi connectivity index (χ1) is 16.3. The molecule has 4 heterocycles. The summed E-state index contributed by atoms with van der Waals surface area (Å²) in [6.45, 7) is 6.29. The molecule has 1 N–H and O–H groups in total. The number of nitrogens with zero attached hydrogens (tertiary/aromatic N) is 3. The van der Waals surface area contributed by atoms with Crippen LogP contribution in [0.15, 0.2) is 30.5 Å². The number of likely N-dealkylation sites (tertiary alicyclic amines) is 1. The molecule has 5 rings (SSSR count). The molecule has 3 aliphatic rings. The second-order valence-electron chi connectivity index (χ2n) is 9.57. The molecule has 1 aromatic heterocycles. The standard InChI is InChI=1S/C25H31F3N4O2/c1-3-4-7-31-12-19(13-31)30-18-5-6-21(29-11-18)24-20-10-23-22(33-15-34-23)9-17(20)8-16(2)32(24)14-25(26,27)28/h5-6,9-11,16,19,24,30H,3-4,7-8,12-15H2,1-2H3/t16-,24+/m1/s1. The van der Waals surface area contributed by atoms with Gasteiger partial charge in [0.1, 0.15) is 0 Å². The topological polar surface area (TPSA) is 49.9 Å². The zero-order valence-electron chi connectivity index (χ0n) is 19.6. The van der Waals surface area contributed by atoms with Crippen LogP contribution in [0.2, 0.25) is 0 Å². The first-order valence-electron chi connectivity index (χ1n) is 12.0. The molecule has 1 aromatic carbocycles. The second-order valence-corrected chi connectivity index (χ2v) is 9.57. The van der Waals surface area contributed by atoms with Crippen molar-refractivity contribution in [3.8, 4) is 11.5 Å². The van der Waals surface area contributed by atoms with Gasteiger partial charge in [-0.2, -0.15) is 13.2 Å². The lowest BCUT2D eigenvalue weighted by Crippen LogP contribution is -2.54. The maximum atomic E-state index is 13.5. The molecule has 9 heteroatoms. The molecule has 184 valence electrons. The average Bonchev–Trinajstić information content (AvgIpc) is 3.21. The van der Waals surface area contributed by atoms with Crippen LogP contribution in [-0.4, -0.2) is 66.0 Å². The van der Waals surface area contributed by atoms with Gasteiger partial charge in [0.25, 0.3) is 0 Å². The Labute approximate surface area is 198 Å². The van der Waals surface area contributed by atoms with Crippen LogP contribution in [-0.2, 0) is 6.42 Å². The third kappa shape index (κ3) is 4.81. The lowest BCUT2D eigenvalue weighted by molar-refractivity contribution is -0.155. The summed E-state index contributed by atoms with van der Waals surface area (Å²) >= 11 is 0. The summed E-state index contributed by atoms with van der Waals surface area (Å²) in [5.41, 5.74) is 3.26. The van der Waals surface area contributed by atoms with Gasteiger partial charge in [0.05, 0.1) is 36.2 Å². The number of halogens is 3. The van der Waals surface area contributed by atoms with E-state index >= 15 is 0 Å². The zero-order chi connectivity index (χ0) is 23.9. The minimum atomic E-state index is -4.31. The van der Waals surface area contributed by atoms with Gasteiger partial charge in [0.15, 0.2) is 11.5 Å². The Morgan fingerprint density at radius 3 is 2.59 bits per heavy atom. The Kier molecular flexibility index (Phi) is 6.33. The van der Waals surface area contributed by atoms with E-state index in [0.717, 1.165) is 36.4 Å². The van der Waals surface area contributed by atoms with Gasteiger partial charge in [0, 0.05) is 19.1 Å². The van der Waals surface area contributed by atoms with Gasteiger partial charge in [-0.05, 0) is 61.7 Å². The summed E-state index contributed by atoms with van der Waals surface area (Å²) < 4.78 is 51.7. The normalized spacial score (nSPS) is 23.0. The van der Waals surface area contributed by atoms with Crippen molar-refractivity contribution in [1.82, 2.24) is 14.8 Å². The largest absolute Gasteiger partial charge is 0.454 e. The summed E-state index contributed by atoms with van der Waals surface area (Å²) in [6.07, 6.45) is 0.334. The number of hydrogen-bond acceptors (Lipinski definition) is 6. The molecular weight excluding hydrogens is 445 g/mol. The second kappa shape index (κ2) is 9.26. The number of alkyl halides is 3. The highest BCUT2D eigenvalue weighted by Gasteiger charge is 2.42. The highest BCUT2D eigenvalue weighted by Crippen LogP contribution is 2.44. The maximum Gasteiger partial charge on any atom is 0.401 e. The minimum absolute atomic E-state index is 0.125. The number of nitrogens with one attached hydrogen (secondary N) is 1. The Balaban J connectivity index is 1.38. The SMILES string of the molecule is CCCCN1CC(Nc2ccc([C@@H]3c4cc5c(cc4C[C@@H](C)N3CC(F)(F)F)OCO5)nc2)C1. The van der Waals surface area contributed by atoms with E-state index in [1.165, 1.54) is 17.7 Å². The summed E-state index contributed by atoms with van der Waals surface area (Å²) in [4.78, 5) is 8.55. The van der Waals surface area contributed by atoms with Gasteiger partial charge >= 0.3 is 6.18 Å². The van der Waals surface area contributed by atoms with Gasteiger partial charge in [-0.15, -0.1) is 0 Å². The molecule has 1 fully saturated rings. The molecule has 6 nitrogen and oxygen atoms in total. The molecule has 1 saturated heterocycles. The van der Waals surface area contributed by atoms with E-state index in [4.69, 9.17) is 9.47 Å². The van der Waals surface area contributed by atoms with Crippen molar-refractivity contribution in [3.63, 3.8) is 0 Å². The molecule has 2 atom stereocenters. The predicted octanol–water partition coefficient (Wildman–Crippen LogP) is 4.60. The van der Waals surface area contributed by atoms with Gasteiger partial charge in [-0.1, -0.05) is 13.3 Å². The number of aromatic nitrogens is 1. The number of rotatable bonds is 7. The number of unbranched alkanes of at least 4 members (excludes halogenated alkanes) is 1. The van der Waals surface area contributed by atoms with Crippen LogP contribution in [0.4, 0.5) is 18.9 Å². The Hall–Kier alpha value is -2.52. The van der Waals surface area contributed by atoms with E-state index in [0.29, 0.717) is 29.7 Å². The summed E-state index contributed by atoms with van der Waals surface area (Å²) in [7, 11) is 0. The number of benzene rings is 1. The van der Waals surface area contributed by atoms with E-state index in [2.05, 4.69) is 22.1 Å². The fourth-order valence-electron chi connectivity index (χ4n) is 5.20. The highest BCUT2D eigenvalue weighted by atomic mass is 19.4. The molecule has 0 unspecified atom stereocenters. The average molecular weight is 477 g/mol. The van der Waals surface area contributed by atoms with Crippen LogP contribution in [0.3, 0.4) is 0 Å². The molecule has 3 aliphatic heterocycles. The van der Waals surface area contributed by atoms with Crippen LogP contribution in [0, 0.1) is 0 Å². The summed E-state index contributed by atoms with van der Waals surface area (Å²) in [5.74, 6) is 1.22. The molecule has 0 bridgehead atoms. The van der Waals surface area contributed by atoms with E-state index in [9.17, 15) is 13.2 Å². The number of pyridine rings is 1. The Morgan fingerprint density at radius 2 is 1.91 bits per heavy atom. The fourth-order valence-corrected chi connectivity index (χ4v) is 5.20. The number of anilines is 1. The highest BCUT2D eigenvalue weighted by molar-refractivity contribution is 5.53. The van der Waals surface area contributed by atoms with Crippen LogP contribution in [0.25, 0.3) is 0 Å². The molecular formula is C25H31F3N4O2. The molecule has 2 aromatic rings. The van der Waals surface area contributed by atoms with Crippen molar-refractivity contribution >= 4 is 5.69 Å². The lowest BCUT2D eigenvalue weighted by Gasteiger charge is -2.42. The number of ether oxygens (including phenoxy) is 2. The van der Waals surface area contributed by atoms with Crippen molar-refractivity contribution in [2.24, 2.45) is 0 Å². The van der Waals surface area contributed by atoms with E-state index in [1.54, 1.807) is 6.20 Å². The van der Waals surface area contributed by atoms with E-state index in [-0.39, 0.29) is 12.8 Å². The Morgan fingerprint density at radius 1 is 1.15 bits per heavy atom. The van der Waals surface area contributed by atoms with Gasteiger partial charge in [-0.25, -0.2) is 0 Å². The third-order valence-corrected chi connectivity index (χ3v) is 6.93. The van der Waals surface area contributed by atoms with Gasteiger partial charge in [0.2, 0.25) is 6.79 Å². The number of hydrogen-bond donors (Lipinski definition) is 1. The van der Waals surface area contributed by atoms with Crippen molar-refractivity contribution in [3.05, 3.63) is 47.3 Å². The summed E-state index contributed by atoms with van der Waals surface area (Å²) in [6, 6.07) is 6.96. The van der Waals surface area contributed by atoms with Gasteiger partial charge in [-0.3, -0.25) is 14.8 Å². The first kappa shape index (κ1) is 23.2. The molecule has 0 saturated carbocycles. The fraction of sp³-hybridized carbons (Fsp3) is 0.560. The molecule has 34 heavy (non-hydrogen) atoms. The van der Waals surface area contributed by atoms with Crippen molar-refractivity contribution < 1.29 is 22.6 Å². The van der Waals surface area contributed by atoms with Crippen LogP contribution < -0.4 is 14.8 Å². The minimum Gasteiger partial charge on any atom is -0.454 e. The first-order valence-corrected chi connectivity index (χ1v) is 12.0. The van der Waals surface area contributed by atoms with E-state index < -0.39 is 18.8 Å². The molecule has 0 spiro atoms. The molecule has 0 radical (unpaired) electrons. The number of fused-ring (bicyclic) bond motifs is 2. The Bertz CT molecular complexity index is 1010. The van der Waals surface area contributed by atoms with Crippen LogP contribution in [0.5, 0.6) is 11.5 Å². The van der Waals surface area contributed by atoms with Crippen LogP contribution in [0.1, 0.15) is 49.6 Å². The molecule has 0 aliphatic carbocycles. The predicted molar refractivity (Wildman–Crippen MR) is 123 cm³/mol. The maximum absolute atomic E-state index is 13.5. The third-order valence-electron chi connectivity index (χ3n) is 6.93. The van der Waals surface area contributed by atoms with Crippen molar-refractivity contribution in [1.29, 1.82) is 0 Å². The smallest absolute Gasteiger partial charge is 0.401 e. The van der Waals surface area contributed by atoms with Crippen molar-refractivity contribution in [2.75, 3.05) is 38.3 Å². The molecule has 0 amide bonds. The lowest BCUT2D eigenvalue weighted by atomic mass is 9.86. The monoisotopic (exact) mass is 476 g/mol.